The number of carbonyl (C=O) groups excluding carboxylic acids is 2. The quantitative estimate of drug-likeness (QED) is 0.531. The van der Waals surface area contributed by atoms with E-state index < -0.39 is 6.04 Å². The minimum absolute atomic E-state index is 0.0369. The molecule has 3 aromatic rings. The van der Waals surface area contributed by atoms with E-state index in [-0.39, 0.29) is 24.3 Å². The first-order chi connectivity index (χ1) is 14.6. The number of nitrogens with two attached hydrogens (primary N) is 1. The minimum Gasteiger partial charge on any atom is -0.349 e. The molecule has 30 heavy (non-hydrogen) atoms. The SMILES string of the molecule is CC[C@@H](NC(=O)CC(N)c1ccc(C(=O)Nc2ccncc2)cc1)c1ccccc1. The fraction of sp³-hybridized carbons (Fsp3) is 0.208. The van der Waals surface area contributed by atoms with Gasteiger partial charge in [-0.1, -0.05) is 49.4 Å². The van der Waals surface area contributed by atoms with Crippen molar-refractivity contribution in [3.05, 3.63) is 95.8 Å². The lowest BCUT2D eigenvalue weighted by atomic mass is 10.0. The fourth-order valence-corrected chi connectivity index (χ4v) is 3.20. The molecule has 2 amide bonds. The molecule has 1 heterocycles. The summed E-state index contributed by atoms with van der Waals surface area (Å²) in [6.07, 6.45) is 4.20. The number of pyridine rings is 1. The Morgan fingerprint density at radius 1 is 0.933 bits per heavy atom. The van der Waals surface area contributed by atoms with Crippen molar-refractivity contribution in [1.29, 1.82) is 0 Å². The molecule has 0 radical (unpaired) electrons. The second kappa shape index (κ2) is 10.3. The summed E-state index contributed by atoms with van der Waals surface area (Å²) < 4.78 is 0. The molecule has 0 saturated carbocycles. The minimum atomic E-state index is -0.449. The molecule has 0 fully saturated rings. The van der Waals surface area contributed by atoms with E-state index in [4.69, 9.17) is 5.73 Å². The maximum Gasteiger partial charge on any atom is 0.255 e. The first-order valence-corrected chi connectivity index (χ1v) is 9.98. The average molecular weight is 402 g/mol. The summed E-state index contributed by atoms with van der Waals surface area (Å²) in [5.41, 5.74) is 9.31. The third kappa shape index (κ3) is 5.75. The van der Waals surface area contributed by atoms with Gasteiger partial charge in [-0.25, -0.2) is 0 Å². The molecule has 0 bridgehead atoms. The topological polar surface area (TPSA) is 97.1 Å². The zero-order valence-electron chi connectivity index (χ0n) is 16.9. The maximum atomic E-state index is 12.5. The number of amides is 2. The van der Waals surface area contributed by atoms with E-state index in [2.05, 4.69) is 15.6 Å². The Labute approximate surface area is 176 Å². The molecule has 0 aliphatic rings. The van der Waals surface area contributed by atoms with Crippen LogP contribution in [0.2, 0.25) is 0 Å². The molecule has 3 rings (SSSR count). The number of hydrogen-bond acceptors (Lipinski definition) is 4. The van der Waals surface area contributed by atoms with Crippen LogP contribution in [0, 0.1) is 0 Å². The molecule has 0 spiro atoms. The van der Waals surface area contributed by atoms with Gasteiger partial charge in [0.05, 0.1) is 6.04 Å². The van der Waals surface area contributed by atoms with E-state index in [0.29, 0.717) is 11.3 Å². The van der Waals surface area contributed by atoms with Crippen LogP contribution in [0.25, 0.3) is 0 Å². The van der Waals surface area contributed by atoms with Crippen molar-refractivity contribution in [1.82, 2.24) is 10.3 Å². The van der Waals surface area contributed by atoms with Gasteiger partial charge in [0.2, 0.25) is 5.91 Å². The molecule has 0 aliphatic heterocycles. The standard InChI is InChI=1S/C24H26N4O2/c1-2-22(18-6-4-3-5-7-18)28-23(29)16-21(25)17-8-10-19(11-9-17)24(30)27-20-12-14-26-15-13-20/h3-15,21-22H,2,16,25H2,1H3,(H,28,29)(H,26,27,30)/t21?,22-/m1/s1. The monoisotopic (exact) mass is 402 g/mol. The van der Waals surface area contributed by atoms with Crippen LogP contribution < -0.4 is 16.4 Å². The molecule has 2 aromatic carbocycles. The second-order valence-electron chi connectivity index (χ2n) is 7.06. The van der Waals surface area contributed by atoms with Crippen LogP contribution >= 0.6 is 0 Å². The van der Waals surface area contributed by atoms with E-state index in [9.17, 15) is 9.59 Å². The highest BCUT2D eigenvalue weighted by Crippen LogP contribution is 2.19. The highest BCUT2D eigenvalue weighted by atomic mass is 16.2. The number of hydrogen-bond donors (Lipinski definition) is 3. The van der Waals surface area contributed by atoms with Crippen molar-refractivity contribution in [2.75, 3.05) is 5.32 Å². The number of nitrogens with zero attached hydrogens (tertiary/aromatic N) is 1. The Hall–Kier alpha value is -3.51. The third-order valence-corrected chi connectivity index (χ3v) is 4.89. The summed E-state index contributed by atoms with van der Waals surface area (Å²) in [6, 6.07) is 19.8. The van der Waals surface area contributed by atoms with E-state index in [1.54, 1.807) is 48.8 Å². The number of benzene rings is 2. The number of rotatable bonds is 8. The summed E-state index contributed by atoms with van der Waals surface area (Å²) in [6.45, 7) is 2.04. The molecule has 4 N–H and O–H groups in total. The van der Waals surface area contributed by atoms with Crippen molar-refractivity contribution < 1.29 is 9.59 Å². The van der Waals surface area contributed by atoms with Crippen LogP contribution in [0.3, 0.4) is 0 Å². The molecular formula is C24H26N4O2. The van der Waals surface area contributed by atoms with Crippen molar-refractivity contribution in [3.8, 4) is 0 Å². The van der Waals surface area contributed by atoms with Crippen molar-refractivity contribution in [2.45, 2.75) is 31.8 Å². The third-order valence-electron chi connectivity index (χ3n) is 4.89. The predicted molar refractivity (Wildman–Crippen MR) is 118 cm³/mol. The van der Waals surface area contributed by atoms with Gasteiger partial charge in [-0.3, -0.25) is 14.6 Å². The normalized spacial score (nSPS) is 12.6. The van der Waals surface area contributed by atoms with Gasteiger partial charge >= 0.3 is 0 Å². The number of aromatic nitrogens is 1. The van der Waals surface area contributed by atoms with Crippen molar-refractivity contribution >= 4 is 17.5 Å². The van der Waals surface area contributed by atoms with Gasteiger partial charge in [-0.2, -0.15) is 0 Å². The van der Waals surface area contributed by atoms with Crippen molar-refractivity contribution in [2.24, 2.45) is 5.73 Å². The van der Waals surface area contributed by atoms with Crippen LogP contribution in [0.1, 0.15) is 53.3 Å². The highest BCUT2D eigenvalue weighted by molar-refractivity contribution is 6.04. The molecule has 1 unspecified atom stereocenters. The molecule has 0 saturated heterocycles. The van der Waals surface area contributed by atoms with Gasteiger partial charge in [0.1, 0.15) is 0 Å². The molecule has 2 atom stereocenters. The predicted octanol–water partition coefficient (Wildman–Crippen LogP) is 3.99. The molecule has 6 heteroatoms. The fourth-order valence-electron chi connectivity index (χ4n) is 3.20. The molecule has 1 aromatic heterocycles. The lowest BCUT2D eigenvalue weighted by Crippen LogP contribution is -2.31. The first-order valence-electron chi connectivity index (χ1n) is 9.98. The average Bonchev–Trinajstić information content (AvgIpc) is 2.78. The lowest BCUT2D eigenvalue weighted by molar-refractivity contribution is -0.122. The zero-order chi connectivity index (χ0) is 21.3. The lowest BCUT2D eigenvalue weighted by Gasteiger charge is -2.19. The Kier molecular flexibility index (Phi) is 7.29. The summed E-state index contributed by atoms with van der Waals surface area (Å²) in [5.74, 6) is -0.314. The number of carbonyl (C=O) groups is 2. The summed E-state index contributed by atoms with van der Waals surface area (Å²) in [5, 5.41) is 5.86. The van der Waals surface area contributed by atoms with Crippen molar-refractivity contribution in [3.63, 3.8) is 0 Å². The molecule has 6 nitrogen and oxygen atoms in total. The zero-order valence-corrected chi connectivity index (χ0v) is 16.9. The summed E-state index contributed by atoms with van der Waals surface area (Å²) in [7, 11) is 0. The Bertz CT molecular complexity index is 960. The number of anilines is 1. The van der Waals surface area contributed by atoms with Crippen LogP contribution in [0.5, 0.6) is 0 Å². The van der Waals surface area contributed by atoms with Gasteiger partial charge < -0.3 is 16.4 Å². The first kappa shape index (κ1) is 21.2. The largest absolute Gasteiger partial charge is 0.349 e. The van der Waals surface area contributed by atoms with E-state index in [0.717, 1.165) is 17.5 Å². The Morgan fingerprint density at radius 3 is 2.23 bits per heavy atom. The van der Waals surface area contributed by atoms with Gasteiger partial charge in [0, 0.05) is 36.1 Å². The summed E-state index contributed by atoms with van der Waals surface area (Å²) >= 11 is 0. The number of nitrogens with one attached hydrogen (secondary N) is 2. The van der Waals surface area contributed by atoms with E-state index in [1.807, 2.05) is 37.3 Å². The van der Waals surface area contributed by atoms with Gasteiger partial charge in [0.25, 0.3) is 5.91 Å². The van der Waals surface area contributed by atoms with Crippen LogP contribution in [-0.2, 0) is 4.79 Å². The van der Waals surface area contributed by atoms with E-state index >= 15 is 0 Å². The second-order valence-corrected chi connectivity index (χ2v) is 7.06. The van der Waals surface area contributed by atoms with Crippen LogP contribution in [0.4, 0.5) is 5.69 Å². The smallest absolute Gasteiger partial charge is 0.255 e. The molecular weight excluding hydrogens is 376 g/mol. The van der Waals surface area contributed by atoms with Gasteiger partial charge in [-0.15, -0.1) is 0 Å². The Morgan fingerprint density at radius 2 is 1.60 bits per heavy atom. The van der Waals surface area contributed by atoms with Gasteiger partial charge in [-0.05, 0) is 41.8 Å². The van der Waals surface area contributed by atoms with Crippen LogP contribution in [-0.4, -0.2) is 16.8 Å². The summed E-state index contributed by atoms with van der Waals surface area (Å²) in [4.78, 5) is 28.7. The van der Waals surface area contributed by atoms with Gasteiger partial charge in [0.15, 0.2) is 0 Å². The van der Waals surface area contributed by atoms with Crippen LogP contribution in [0.15, 0.2) is 79.1 Å². The Balaban J connectivity index is 1.56. The molecule has 0 aliphatic carbocycles. The maximum absolute atomic E-state index is 12.5. The highest BCUT2D eigenvalue weighted by Gasteiger charge is 2.17. The molecule has 154 valence electrons. The van der Waals surface area contributed by atoms with E-state index in [1.165, 1.54) is 0 Å².